The molecular formula is C8H14N2. The lowest BCUT2D eigenvalue weighted by molar-refractivity contribution is 0.803. The molecule has 2 nitrogen and oxygen atoms in total. The monoisotopic (exact) mass is 138 g/mol. The van der Waals surface area contributed by atoms with Gasteiger partial charge < -0.3 is 5.73 Å². The lowest BCUT2D eigenvalue weighted by atomic mass is 10.1. The molecule has 0 radical (unpaired) electrons. The quantitative estimate of drug-likeness (QED) is 0.592. The van der Waals surface area contributed by atoms with Crippen LogP contribution in [0.1, 0.15) is 13.8 Å². The summed E-state index contributed by atoms with van der Waals surface area (Å²) < 4.78 is 0. The molecule has 0 aliphatic heterocycles. The third-order valence-electron chi connectivity index (χ3n) is 1.19. The molecule has 0 saturated carbocycles. The van der Waals surface area contributed by atoms with E-state index in [1.807, 2.05) is 0 Å². The molecule has 0 aliphatic rings. The standard InChI is InChI=1S/C8H14N2/c1-4-10-6-8(5-9)7(2)3/h4-7H,1,9H2,2-3H3/b8-5+,10-6?. The summed E-state index contributed by atoms with van der Waals surface area (Å²) in [5.74, 6) is 0.425. The van der Waals surface area contributed by atoms with Crippen LogP contribution in [0, 0.1) is 5.92 Å². The molecule has 0 spiro atoms. The van der Waals surface area contributed by atoms with Gasteiger partial charge in [-0.15, -0.1) is 0 Å². The van der Waals surface area contributed by atoms with Crippen molar-refractivity contribution in [2.45, 2.75) is 13.8 Å². The predicted octanol–water partition coefficient (Wildman–Crippen LogP) is 1.70. The Morgan fingerprint density at radius 1 is 1.60 bits per heavy atom. The first kappa shape index (κ1) is 8.95. The first-order valence-corrected chi connectivity index (χ1v) is 3.28. The molecule has 0 unspecified atom stereocenters. The molecule has 56 valence electrons. The Morgan fingerprint density at radius 2 is 2.20 bits per heavy atom. The van der Waals surface area contributed by atoms with Crippen molar-refractivity contribution in [2.24, 2.45) is 16.6 Å². The number of aliphatic imine (C=N–C) groups is 1. The van der Waals surface area contributed by atoms with Gasteiger partial charge in [0.1, 0.15) is 0 Å². The normalized spacial score (nSPS) is 12.9. The molecule has 0 heterocycles. The summed E-state index contributed by atoms with van der Waals surface area (Å²) in [5, 5.41) is 0. The van der Waals surface area contributed by atoms with E-state index in [4.69, 9.17) is 5.73 Å². The van der Waals surface area contributed by atoms with E-state index in [9.17, 15) is 0 Å². The topological polar surface area (TPSA) is 38.4 Å². The minimum absolute atomic E-state index is 0.425. The van der Waals surface area contributed by atoms with Crippen molar-refractivity contribution in [3.8, 4) is 0 Å². The van der Waals surface area contributed by atoms with Crippen LogP contribution in [-0.4, -0.2) is 6.21 Å². The van der Waals surface area contributed by atoms with Gasteiger partial charge in [-0.2, -0.15) is 0 Å². The molecule has 2 N–H and O–H groups in total. The maximum atomic E-state index is 5.33. The molecule has 0 aromatic heterocycles. The molecule has 0 saturated heterocycles. The Morgan fingerprint density at radius 3 is 2.50 bits per heavy atom. The molecule has 0 aromatic carbocycles. The maximum absolute atomic E-state index is 5.33. The minimum Gasteiger partial charge on any atom is -0.404 e. The average Bonchev–Trinajstić information content (AvgIpc) is 1.89. The van der Waals surface area contributed by atoms with Gasteiger partial charge in [0.05, 0.1) is 0 Å². The van der Waals surface area contributed by atoms with E-state index < -0.39 is 0 Å². The summed E-state index contributed by atoms with van der Waals surface area (Å²) in [7, 11) is 0. The van der Waals surface area contributed by atoms with Crippen LogP contribution in [0.4, 0.5) is 0 Å². The Bertz CT molecular complexity index is 155. The van der Waals surface area contributed by atoms with Crippen molar-refractivity contribution in [1.82, 2.24) is 0 Å². The zero-order valence-corrected chi connectivity index (χ0v) is 6.54. The van der Waals surface area contributed by atoms with Crippen LogP contribution < -0.4 is 5.73 Å². The summed E-state index contributed by atoms with van der Waals surface area (Å²) in [6, 6.07) is 0. The summed E-state index contributed by atoms with van der Waals surface area (Å²) in [6.07, 6.45) is 4.78. The van der Waals surface area contributed by atoms with Gasteiger partial charge in [0.2, 0.25) is 0 Å². The van der Waals surface area contributed by atoms with Gasteiger partial charge in [0, 0.05) is 12.4 Å². The first-order chi connectivity index (χ1) is 4.72. The fourth-order valence-corrected chi connectivity index (χ4v) is 0.523. The molecule has 0 aliphatic carbocycles. The molecule has 0 bridgehead atoms. The van der Waals surface area contributed by atoms with Crippen molar-refractivity contribution < 1.29 is 0 Å². The summed E-state index contributed by atoms with van der Waals surface area (Å²) in [5.41, 5.74) is 6.35. The van der Waals surface area contributed by atoms with E-state index >= 15 is 0 Å². The molecule has 0 aromatic rings. The Kier molecular flexibility index (Phi) is 4.29. The zero-order chi connectivity index (χ0) is 7.98. The van der Waals surface area contributed by atoms with Gasteiger partial charge in [0.15, 0.2) is 0 Å². The number of nitrogens with zero attached hydrogens (tertiary/aromatic N) is 1. The molecule has 2 heteroatoms. The number of rotatable bonds is 3. The minimum atomic E-state index is 0.425. The van der Waals surface area contributed by atoms with Crippen LogP contribution in [0.25, 0.3) is 0 Å². The second kappa shape index (κ2) is 4.79. The van der Waals surface area contributed by atoms with Crippen molar-refractivity contribution in [3.05, 3.63) is 24.6 Å². The summed E-state index contributed by atoms with van der Waals surface area (Å²) in [4.78, 5) is 3.85. The van der Waals surface area contributed by atoms with Crippen LogP contribution in [0.2, 0.25) is 0 Å². The van der Waals surface area contributed by atoms with Crippen LogP contribution in [0.5, 0.6) is 0 Å². The highest BCUT2D eigenvalue weighted by atomic mass is 14.7. The van der Waals surface area contributed by atoms with Crippen LogP contribution in [-0.2, 0) is 0 Å². The van der Waals surface area contributed by atoms with E-state index in [0.29, 0.717) is 5.92 Å². The molecule has 0 fully saturated rings. The van der Waals surface area contributed by atoms with E-state index in [-0.39, 0.29) is 0 Å². The highest BCUT2D eigenvalue weighted by molar-refractivity contribution is 5.79. The Balaban J connectivity index is 4.10. The van der Waals surface area contributed by atoms with Gasteiger partial charge in [-0.1, -0.05) is 20.4 Å². The fourth-order valence-electron chi connectivity index (χ4n) is 0.523. The van der Waals surface area contributed by atoms with Gasteiger partial charge in [0.25, 0.3) is 0 Å². The molecule has 0 amide bonds. The highest BCUT2D eigenvalue weighted by Gasteiger charge is 1.96. The SMILES string of the molecule is C=CN=C/C(=C\N)C(C)C. The molecule has 0 rings (SSSR count). The molecular weight excluding hydrogens is 124 g/mol. The predicted molar refractivity (Wildman–Crippen MR) is 45.8 cm³/mol. The molecule has 10 heavy (non-hydrogen) atoms. The summed E-state index contributed by atoms with van der Waals surface area (Å²) >= 11 is 0. The lowest BCUT2D eigenvalue weighted by Crippen LogP contribution is -1.98. The van der Waals surface area contributed by atoms with Crippen LogP contribution >= 0.6 is 0 Å². The van der Waals surface area contributed by atoms with Gasteiger partial charge in [-0.05, 0) is 17.7 Å². The van der Waals surface area contributed by atoms with Crippen molar-refractivity contribution in [1.29, 1.82) is 0 Å². The smallest absolute Gasteiger partial charge is 0.0316 e. The van der Waals surface area contributed by atoms with Crippen LogP contribution in [0.15, 0.2) is 29.5 Å². The number of hydrogen-bond acceptors (Lipinski definition) is 2. The molecule has 0 atom stereocenters. The van der Waals surface area contributed by atoms with E-state index in [1.54, 1.807) is 12.4 Å². The second-order valence-corrected chi connectivity index (χ2v) is 2.28. The average molecular weight is 138 g/mol. The zero-order valence-electron chi connectivity index (χ0n) is 6.54. The highest BCUT2D eigenvalue weighted by Crippen LogP contribution is 2.04. The maximum Gasteiger partial charge on any atom is 0.0316 e. The van der Waals surface area contributed by atoms with E-state index in [0.717, 1.165) is 5.57 Å². The van der Waals surface area contributed by atoms with Crippen molar-refractivity contribution in [2.75, 3.05) is 0 Å². The van der Waals surface area contributed by atoms with E-state index in [2.05, 4.69) is 25.4 Å². The van der Waals surface area contributed by atoms with Gasteiger partial charge >= 0.3 is 0 Å². The van der Waals surface area contributed by atoms with Crippen LogP contribution in [0.3, 0.4) is 0 Å². The Hall–Kier alpha value is -1.05. The van der Waals surface area contributed by atoms with Gasteiger partial charge in [-0.25, -0.2) is 0 Å². The fraction of sp³-hybridized carbons (Fsp3) is 0.375. The number of hydrogen-bond donors (Lipinski definition) is 1. The van der Waals surface area contributed by atoms with E-state index in [1.165, 1.54) is 6.20 Å². The second-order valence-electron chi connectivity index (χ2n) is 2.28. The van der Waals surface area contributed by atoms with Gasteiger partial charge in [-0.3, -0.25) is 4.99 Å². The lowest BCUT2D eigenvalue weighted by Gasteiger charge is -2.01. The largest absolute Gasteiger partial charge is 0.404 e. The third kappa shape index (κ3) is 3.07. The van der Waals surface area contributed by atoms with Crippen molar-refractivity contribution >= 4 is 6.21 Å². The summed E-state index contributed by atoms with van der Waals surface area (Å²) in [6.45, 7) is 7.59. The van der Waals surface area contributed by atoms with Crippen molar-refractivity contribution in [3.63, 3.8) is 0 Å². The number of allylic oxidation sites excluding steroid dienone is 1. The number of nitrogens with two attached hydrogens (primary N) is 1. The first-order valence-electron chi connectivity index (χ1n) is 3.28. The Labute approximate surface area is 62.1 Å². The third-order valence-corrected chi connectivity index (χ3v) is 1.19.